The van der Waals surface area contributed by atoms with Crippen LogP contribution in [0.2, 0.25) is 0 Å². The Kier molecular flexibility index (Phi) is 1.97. The third-order valence-corrected chi connectivity index (χ3v) is 4.01. The molecule has 0 spiro atoms. The summed E-state index contributed by atoms with van der Waals surface area (Å²) in [6.45, 7) is 4.65. The van der Waals surface area contributed by atoms with Crippen LogP contribution in [0, 0.1) is 11.3 Å². The molecule has 2 rings (SSSR count). The Bertz CT molecular complexity index is 206. The van der Waals surface area contributed by atoms with Gasteiger partial charge in [-0.15, -0.1) is 0 Å². The first kappa shape index (κ1) is 9.47. The summed E-state index contributed by atoms with van der Waals surface area (Å²) >= 11 is 0. The number of nitrogens with two attached hydrogens (primary N) is 1. The minimum Gasteiger partial charge on any atom is -0.393 e. The molecule has 2 nitrogen and oxygen atoms in total. The van der Waals surface area contributed by atoms with Crippen LogP contribution in [0.4, 0.5) is 0 Å². The smallest absolute Gasteiger partial charge is 0.0575 e. The highest BCUT2D eigenvalue weighted by atomic mass is 16.3. The predicted molar refractivity (Wildman–Crippen MR) is 53.3 cm³/mol. The zero-order valence-corrected chi connectivity index (χ0v) is 8.71. The summed E-state index contributed by atoms with van der Waals surface area (Å²) in [5.74, 6) is 0.658. The second-order valence-electron chi connectivity index (χ2n) is 5.90. The first-order valence-electron chi connectivity index (χ1n) is 5.38. The maximum absolute atomic E-state index is 9.29. The lowest BCUT2D eigenvalue weighted by molar-refractivity contribution is -0.00922. The summed E-state index contributed by atoms with van der Waals surface area (Å²) in [6.07, 6.45) is 5.34. The summed E-state index contributed by atoms with van der Waals surface area (Å²) in [4.78, 5) is 0. The molecule has 2 fully saturated rings. The van der Waals surface area contributed by atoms with Gasteiger partial charge in [0, 0.05) is 5.54 Å². The predicted octanol–water partition coefficient (Wildman–Crippen LogP) is 1.66. The summed E-state index contributed by atoms with van der Waals surface area (Å²) in [5.41, 5.74) is 6.72. The molecule has 2 saturated carbocycles. The molecule has 0 aromatic rings. The van der Waals surface area contributed by atoms with E-state index in [1.807, 2.05) is 0 Å². The Balaban J connectivity index is 1.97. The number of hydrogen-bond donors (Lipinski definition) is 2. The van der Waals surface area contributed by atoms with Crippen LogP contribution in [-0.2, 0) is 0 Å². The molecular formula is C11H21NO. The van der Waals surface area contributed by atoms with Gasteiger partial charge in [-0.25, -0.2) is 0 Å². The molecular weight excluding hydrogens is 162 g/mol. The van der Waals surface area contributed by atoms with E-state index < -0.39 is 0 Å². The van der Waals surface area contributed by atoms with E-state index in [2.05, 4.69) is 13.8 Å². The van der Waals surface area contributed by atoms with Gasteiger partial charge in [0.2, 0.25) is 0 Å². The fourth-order valence-electron chi connectivity index (χ4n) is 3.08. The highest BCUT2D eigenvalue weighted by Crippen LogP contribution is 2.50. The van der Waals surface area contributed by atoms with E-state index in [1.54, 1.807) is 0 Å². The standard InChI is InChI=1S/C11H21NO/c1-10(2)4-3-8(5-10)11(12)6-9(13)7-11/h8-9,13H,3-7,12H2,1-2H3. The Morgan fingerprint density at radius 2 is 1.85 bits per heavy atom. The van der Waals surface area contributed by atoms with E-state index in [4.69, 9.17) is 5.73 Å². The van der Waals surface area contributed by atoms with E-state index >= 15 is 0 Å². The van der Waals surface area contributed by atoms with Crippen molar-refractivity contribution in [1.29, 1.82) is 0 Å². The number of hydrogen-bond acceptors (Lipinski definition) is 2. The van der Waals surface area contributed by atoms with Crippen LogP contribution in [0.1, 0.15) is 46.0 Å². The molecule has 0 aromatic heterocycles. The molecule has 0 saturated heterocycles. The van der Waals surface area contributed by atoms with E-state index in [9.17, 15) is 5.11 Å². The zero-order valence-electron chi connectivity index (χ0n) is 8.71. The van der Waals surface area contributed by atoms with Crippen molar-refractivity contribution in [2.45, 2.75) is 57.6 Å². The van der Waals surface area contributed by atoms with Gasteiger partial charge in [0.15, 0.2) is 0 Å². The lowest BCUT2D eigenvalue weighted by atomic mass is 9.66. The Hall–Kier alpha value is -0.0800. The minimum absolute atomic E-state index is 0.0206. The molecule has 2 aliphatic carbocycles. The molecule has 1 unspecified atom stereocenters. The molecule has 0 aromatic carbocycles. The molecule has 0 aliphatic heterocycles. The Morgan fingerprint density at radius 1 is 1.23 bits per heavy atom. The van der Waals surface area contributed by atoms with Crippen LogP contribution >= 0.6 is 0 Å². The molecule has 13 heavy (non-hydrogen) atoms. The quantitative estimate of drug-likeness (QED) is 0.649. The van der Waals surface area contributed by atoms with E-state index in [-0.39, 0.29) is 11.6 Å². The van der Waals surface area contributed by atoms with Gasteiger partial charge in [-0.1, -0.05) is 13.8 Å². The second kappa shape index (κ2) is 2.71. The first-order chi connectivity index (χ1) is 5.91. The molecule has 0 heterocycles. The van der Waals surface area contributed by atoms with Gasteiger partial charge in [-0.3, -0.25) is 0 Å². The van der Waals surface area contributed by atoms with E-state index in [0.29, 0.717) is 11.3 Å². The SMILES string of the molecule is CC1(C)CCC(C2(N)CC(O)C2)C1. The van der Waals surface area contributed by atoms with Crippen molar-refractivity contribution in [3.05, 3.63) is 0 Å². The Labute approximate surface area is 80.5 Å². The van der Waals surface area contributed by atoms with Crippen LogP contribution in [0.3, 0.4) is 0 Å². The minimum atomic E-state index is -0.117. The van der Waals surface area contributed by atoms with Gasteiger partial charge < -0.3 is 10.8 Å². The van der Waals surface area contributed by atoms with Crippen molar-refractivity contribution in [3.8, 4) is 0 Å². The largest absolute Gasteiger partial charge is 0.393 e. The molecule has 76 valence electrons. The lowest BCUT2D eigenvalue weighted by Crippen LogP contribution is -2.59. The van der Waals surface area contributed by atoms with E-state index in [0.717, 1.165) is 12.8 Å². The van der Waals surface area contributed by atoms with Crippen LogP contribution in [0.25, 0.3) is 0 Å². The van der Waals surface area contributed by atoms with Crippen LogP contribution < -0.4 is 5.73 Å². The molecule has 3 N–H and O–H groups in total. The number of rotatable bonds is 1. The van der Waals surface area contributed by atoms with Gasteiger partial charge in [0.1, 0.15) is 0 Å². The summed E-state index contributed by atoms with van der Waals surface area (Å²) in [7, 11) is 0. The second-order valence-corrected chi connectivity index (χ2v) is 5.90. The van der Waals surface area contributed by atoms with Crippen LogP contribution in [0.5, 0.6) is 0 Å². The maximum atomic E-state index is 9.29. The molecule has 0 bridgehead atoms. The zero-order chi connectivity index (χ0) is 9.69. The van der Waals surface area contributed by atoms with Gasteiger partial charge in [0.05, 0.1) is 6.10 Å². The number of aliphatic hydroxyl groups is 1. The topological polar surface area (TPSA) is 46.2 Å². The van der Waals surface area contributed by atoms with Crippen molar-refractivity contribution in [3.63, 3.8) is 0 Å². The van der Waals surface area contributed by atoms with Gasteiger partial charge in [-0.05, 0) is 43.4 Å². The van der Waals surface area contributed by atoms with E-state index in [1.165, 1.54) is 19.3 Å². The Morgan fingerprint density at radius 3 is 2.23 bits per heavy atom. The highest BCUT2D eigenvalue weighted by Gasteiger charge is 2.49. The molecule has 0 amide bonds. The normalized spacial score (nSPS) is 48.9. The maximum Gasteiger partial charge on any atom is 0.0575 e. The highest BCUT2D eigenvalue weighted by molar-refractivity contribution is 5.06. The summed E-state index contributed by atoms with van der Waals surface area (Å²) in [6, 6.07) is 0. The van der Waals surface area contributed by atoms with Crippen molar-refractivity contribution < 1.29 is 5.11 Å². The van der Waals surface area contributed by atoms with Crippen molar-refractivity contribution in [2.24, 2.45) is 17.1 Å². The fourth-order valence-corrected chi connectivity index (χ4v) is 3.08. The average Bonchev–Trinajstić information content (AvgIpc) is 2.27. The van der Waals surface area contributed by atoms with Crippen molar-refractivity contribution in [1.82, 2.24) is 0 Å². The van der Waals surface area contributed by atoms with Gasteiger partial charge in [0.25, 0.3) is 0 Å². The monoisotopic (exact) mass is 183 g/mol. The van der Waals surface area contributed by atoms with Crippen molar-refractivity contribution >= 4 is 0 Å². The molecule has 2 aliphatic rings. The fraction of sp³-hybridized carbons (Fsp3) is 1.00. The van der Waals surface area contributed by atoms with Crippen LogP contribution in [-0.4, -0.2) is 16.7 Å². The van der Waals surface area contributed by atoms with Gasteiger partial charge in [-0.2, -0.15) is 0 Å². The molecule has 1 atom stereocenters. The summed E-state index contributed by atoms with van der Waals surface area (Å²) in [5, 5.41) is 9.29. The number of aliphatic hydroxyl groups excluding tert-OH is 1. The van der Waals surface area contributed by atoms with Crippen molar-refractivity contribution in [2.75, 3.05) is 0 Å². The van der Waals surface area contributed by atoms with Crippen LogP contribution in [0.15, 0.2) is 0 Å². The lowest BCUT2D eigenvalue weighted by Gasteiger charge is -2.47. The third-order valence-electron chi connectivity index (χ3n) is 4.01. The molecule has 0 radical (unpaired) electrons. The average molecular weight is 183 g/mol. The first-order valence-corrected chi connectivity index (χ1v) is 5.38. The van der Waals surface area contributed by atoms with Gasteiger partial charge >= 0.3 is 0 Å². The molecule has 2 heteroatoms. The summed E-state index contributed by atoms with van der Waals surface area (Å²) < 4.78 is 0. The third kappa shape index (κ3) is 1.62.